The molecule has 1 aliphatic heterocycles. The van der Waals surface area contributed by atoms with E-state index in [9.17, 15) is 9.59 Å². The number of hydrazone groups is 1. The van der Waals surface area contributed by atoms with Crippen molar-refractivity contribution in [2.24, 2.45) is 5.10 Å². The standard InChI is InChI=1S/C25H24N2O5/c1-15(28)27-22(18-10-12-23(30-3)24(13-18)31-4)14-21(26-27)20-11-9-17-7-5-6-8-19(17)25(20)32-16(2)29/h5-13,22H,14H2,1-4H3/t22-/m1/s1. The van der Waals surface area contributed by atoms with Crippen molar-refractivity contribution >= 4 is 28.4 Å². The Kier molecular flexibility index (Phi) is 5.81. The molecule has 7 heteroatoms. The van der Waals surface area contributed by atoms with E-state index >= 15 is 0 Å². The van der Waals surface area contributed by atoms with E-state index in [1.165, 1.54) is 18.9 Å². The molecule has 1 heterocycles. The van der Waals surface area contributed by atoms with Crippen LogP contribution >= 0.6 is 0 Å². The molecule has 0 unspecified atom stereocenters. The molecule has 0 radical (unpaired) electrons. The molecule has 7 nitrogen and oxygen atoms in total. The summed E-state index contributed by atoms with van der Waals surface area (Å²) in [6, 6.07) is 16.8. The number of methoxy groups -OCH3 is 2. The van der Waals surface area contributed by atoms with Crippen LogP contribution in [0.25, 0.3) is 10.8 Å². The second kappa shape index (κ2) is 8.70. The van der Waals surface area contributed by atoms with Gasteiger partial charge in [-0.1, -0.05) is 36.4 Å². The molecule has 164 valence electrons. The molecular weight excluding hydrogens is 408 g/mol. The molecule has 4 rings (SSSR count). The molecule has 0 fully saturated rings. The Morgan fingerprint density at radius 3 is 2.41 bits per heavy atom. The second-order valence-electron chi connectivity index (χ2n) is 7.50. The number of ether oxygens (including phenoxy) is 3. The van der Waals surface area contributed by atoms with Crippen LogP contribution in [0, 0.1) is 0 Å². The Hall–Kier alpha value is -3.87. The van der Waals surface area contributed by atoms with Crippen LogP contribution in [0.4, 0.5) is 0 Å². The van der Waals surface area contributed by atoms with E-state index in [4.69, 9.17) is 14.2 Å². The molecule has 0 aliphatic carbocycles. The number of benzene rings is 3. The van der Waals surface area contributed by atoms with Gasteiger partial charge in [0.25, 0.3) is 0 Å². The first-order valence-electron chi connectivity index (χ1n) is 10.2. The van der Waals surface area contributed by atoms with Gasteiger partial charge in [-0.25, -0.2) is 5.01 Å². The maximum absolute atomic E-state index is 12.4. The summed E-state index contributed by atoms with van der Waals surface area (Å²) < 4.78 is 16.4. The van der Waals surface area contributed by atoms with Crippen LogP contribution in [0.5, 0.6) is 17.2 Å². The summed E-state index contributed by atoms with van der Waals surface area (Å²) in [5.41, 5.74) is 2.22. The summed E-state index contributed by atoms with van der Waals surface area (Å²) in [4.78, 5) is 24.3. The van der Waals surface area contributed by atoms with Gasteiger partial charge in [-0.05, 0) is 29.1 Å². The SMILES string of the molecule is COc1ccc([C@H]2CC(c3ccc4ccccc4c3OC(C)=O)=NN2C(C)=O)cc1OC. The lowest BCUT2D eigenvalue weighted by Crippen LogP contribution is -2.24. The normalized spacial score (nSPS) is 15.4. The van der Waals surface area contributed by atoms with Gasteiger partial charge >= 0.3 is 5.97 Å². The van der Waals surface area contributed by atoms with Crippen molar-refractivity contribution < 1.29 is 23.8 Å². The highest BCUT2D eigenvalue weighted by molar-refractivity contribution is 6.10. The summed E-state index contributed by atoms with van der Waals surface area (Å²) in [7, 11) is 3.15. The lowest BCUT2D eigenvalue weighted by atomic mass is 9.95. The van der Waals surface area contributed by atoms with Crippen LogP contribution < -0.4 is 14.2 Å². The highest BCUT2D eigenvalue weighted by Crippen LogP contribution is 2.40. The van der Waals surface area contributed by atoms with Crippen molar-refractivity contribution in [3.63, 3.8) is 0 Å². The van der Waals surface area contributed by atoms with E-state index in [2.05, 4.69) is 5.10 Å². The molecular formula is C25H24N2O5. The third-order valence-electron chi connectivity index (χ3n) is 5.46. The van der Waals surface area contributed by atoms with Crippen LogP contribution in [-0.4, -0.2) is 36.8 Å². The van der Waals surface area contributed by atoms with Crippen LogP contribution in [0.15, 0.2) is 59.7 Å². The Labute approximate surface area is 186 Å². The van der Waals surface area contributed by atoms with Crippen molar-refractivity contribution in [1.29, 1.82) is 0 Å². The second-order valence-corrected chi connectivity index (χ2v) is 7.50. The van der Waals surface area contributed by atoms with E-state index in [0.717, 1.165) is 16.3 Å². The molecule has 32 heavy (non-hydrogen) atoms. The molecule has 1 aliphatic rings. The average Bonchev–Trinajstić information content (AvgIpc) is 3.24. The minimum Gasteiger partial charge on any atom is -0.493 e. The van der Waals surface area contributed by atoms with Gasteiger partial charge in [0, 0.05) is 31.2 Å². The summed E-state index contributed by atoms with van der Waals surface area (Å²) in [5.74, 6) is 1.03. The van der Waals surface area contributed by atoms with Crippen molar-refractivity contribution in [2.45, 2.75) is 26.3 Å². The predicted molar refractivity (Wildman–Crippen MR) is 121 cm³/mol. The minimum absolute atomic E-state index is 0.186. The van der Waals surface area contributed by atoms with Gasteiger partial charge in [0.05, 0.1) is 26.0 Å². The topological polar surface area (TPSA) is 77.4 Å². The third-order valence-corrected chi connectivity index (χ3v) is 5.46. The zero-order valence-electron chi connectivity index (χ0n) is 18.4. The fourth-order valence-corrected chi connectivity index (χ4v) is 4.01. The summed E-state index contributed by atoms with van der Waals surface area (Å²) in [6.07, 6.45) is 0.460. The number of amides is 1. The van der Waals surface area contributed by atoms with Crippen molar-refractivity contribution in [3.05, 3.63) is 65.7 Å². The summed E-state index contributed by atoms with van der Waals surface area (Å²) >= 11 is 0. The summed E-state index contributed by atoms with van der Waals surface area (Å²) in [6.45, 7) is 2.85. The van der Waals surface area contributed by atoms with Crippen LogP contribution in [-0.2, 0) is 9.59 Å². The Balaban J connectivity index is 1.79. The van der Waals surface area contributed by atoms with Crippen molar-refractivity contribution in [3.8, 4) is 17.2 Å². The van der Waals surface area contributed by atoms with Gasteiger partial charge in [0.1, 0.15) is 5.75 Å². The molecule has 0 spiro atoms. The molecule has 3 aromatic carbocycles. The Bertz CT molecular complexity index is 1230. The molecule has 0 bridgehead atoms. The van der Waals surface area contributed by atoms with Crippen molar-refractivity contribution in [2.75, 3.05) is 14.2 Å². The van der Waals surface area contributed by atoms with E-state index < -0.39 is 5.97 Å². The van der Waals surface area contributed by atoms with Crippen molar-refractivity contribution in [1.82, 2.24) is 5.01 Å². The lowest BCUT2D eigenvalue weighted by Gasteiger charge is -2.21. The van der Waals surface area contributed by atoms with Crippen LogP contribution in [0.3, 0.4) is 0 Å². The van der Waals surface area contributed by atoms with E-state index in [0.29, 0.717) is 34.9 Å². The Morgan fingerprint density at radius 1 is 0.969 bits per heavy atom. The molecule has 3 aromatic rings. The van der Waals surface area contributed by atoms with Gasteiger partial charge in [-0.3, -0.25) is 9.59 Å². The number of rotatable bonds is 5. The number of hydrogen-bond donors (Lipinski definition) is 0. The maximum Gasteiger partial charge on any atom is 0.308 e. The monoisotopic (exact) mass is 432 g/mol. The first kappa shape index (κ1) is 21.4. The van der Waals surface area contributed by atoms with Crippen LogP contribution in [0.1, 0.15) is 37.4 Å². The lowest BCUT2D eigenvalue weighted by molar-refractivity contribution is -0.132. The van der Waals surface area contributed by atoms with Gasteiger partial charge in [0.2, 0.25) is 5.91 Å². The van der Waals surface area contributed by atoms with Gasteiger partial charge < -0.3 is 14.2 Å². The van der Waals surface area contributed by atoms with E-state index in [-0.39, 0.29) is 11.9 Å². The Morgan fingerprint density at radius 2 is 1.72 bits per heavy atom. The predicted octanol–water partition coefficient (Wildman–Crippen LogP) is 4.48. The highest BCUT2D eigenvalue weighted by atomic mass is 16.5. The molecule has 1 atom stereocenters. The van der Waals surface area contributed by atoms with Gasteiger partial charge in [0.15, 0.2) is 11.5 Å². The fourth-order valence-electron chi connectivity index (χ4n) is 4.01. The number of esters is 1. The zero-order valence-corrected chi connectivity index (χ0v) is 18.4. The molecule has 0 aromatic heterocycles. The zero-order chi connectivity index (χ0) is 22.8. The molecule has 0 saturated heterocycles. The maximum atomic E-state index is 12.4. The number of carbonyl (C=O) groups excluding carboxylic acids is 2. The fraction of sp³-hybridized carbons (Fsp3) is 0.240. The van der Waals surface area contributed by atoms with Crippen LogP contribution in [0.2, 0.25) is 0 Å². The smallest absolute Gasteiger partial charge is 0.308 e. The largest absolute Gasteiger partial charge is 0.493 e. The number of hydrogen-bond acceptors (Lipinski definition) is 6. The average molecular weight is 432 g/mol. The third kappa shape index (κ3) is 3.89. The first-order chi connectivity index (χ1) is 15.4. The van der Waals surface area contributed by atoms with E-state index in [1.807, 2.05) is 54.6 Å². The van der Waals surface area contributed by atoms with Gasteiger partial charge in [-0.2, -0.15) is 5.10 Å². The molecule has 0 saturated carbocycles. The minimum atomic E-state index is -0.416. The summed E-state index contributed by atoms with van der Waals surface area (Å²) in [5, 5.41) is 7.85. The number of carbonyl (C=O) groups is 2. The highest BCUT2D eigenvalue weighted by Gasteiger charge is 2.33. The first-order valence-corrected chi connectivity index (χ1v) is 10.2. The molecule has 0 N–H and O–H groups in total. The number of nitrogens with zero attached hydrogens (tertiary/aromatic N) is 2. The molecule has 1 amide bonds. The van der Waals surface area contributed by atoms with Gasteiger partial charge in [-0.15, -0.1) is 0 Å². The quantitative estimate of drug-likeness (QED) is 0.439. The number of fused-ring (bicyclic) bond motifs is 1. The van der Waals surface area contributed by atoms with E-state index in [1.54, 1.807) is 14.2 Å².